The van der Waals surface area contributed by atoms with Gasteiger partial charge in [0.25, 0.3) is 0 Å². The highest BCUT2D eigenvalue weighted by Crippen LogP contribution is 2.38. The fourth-order valence-electron chi connectivity index (χ4n) is 2.99. The number of carbonyl (C=O) groups is 1. The molecule has 1 aromatic carbocycles. The van der Waals surface area contributed by atoms with Crippen LogP contribution in [-0.4, -0.2) is 11.6 Å². The van der Waals surface area contributed by atoms with E-state index in [1.807, 2.05) is 58.9 Å². The Kier molecular flexibility index (Phi) is 7.80. The zero-order valence-electron chi connectivity index (χ0n) is 17.2. The van der Waals surface area contributed by atoms with Gasteiger partial charge in [-0.2, -0.15) is 0 Å². The van der Waals surface area contributed by atoms with Crippen LogP contribution in [0.5, 0.6) is 0 Å². The highest BCUT2D eigenvalue weighted by atomic mass is 32.2. The van der Waals surface area contributed by atoms with E-state index in [-0.39, 0.29) is 11.4 Å². The molecule has 0 saturated carbocycles. The van der Waals surface area contributed by atoms with Crippen LogP contribution in [0.2, 0.25) is 0 Å². The summed E-state index contributed by atoms with van der Waals surface area (Å²) >= 11 is 1.23. The maximum absolute atomic E-state index is 12.5. The lowest BCUT2D eigenvalue weighted by Crippen LogP contribution is -2.36. The van der Waals surface area contributed by atoms with Gasteiger partial charge in [-0.05, 0) is 83.0 Å². The monoisotopic (exact) mass is 375 g/mol. The number of esters is 1. The average Bonchev–Trinajstić information content (AvgIpc) is 2.49. The molecule has 0 atom stereocenters. The molecule has 0 heterocycles. The molecular weight excluding hydrogens is 342 g/mol. The molecule has 0 radical (unpaired) electrons. The van der Waals surface area contributed by atoms with Crippen molar-refractivity contribution in [3.05, 3.63) is 29.8 Å². The van der Waals surface area contributed by atoms with Crippen molar-refractivity contribution in [3.8, 4) is 11.8 Å². The molecule has 0 aromatic heterocycles. The first kappa shape index (κ1) is 22.6. The van der Waals surface area contributed by atoms with E-state index in [1.165, 1.54) is 11.9 Å². The van der Waals surface area contributed by atoms with Gasteiger partial charge in [-0.25, -0.2) is 0 Å². The second-order valence-corrected chi connectivity index (χ2v) is 9.88. The van der Waals surface area contributed by atoms with Crippen molar-refractivity contribution < 1.29 is 9.53 Å². The van der Waals surface area contributed by atoms with Gasteiger partial charge in [0.15, 0.2) is 0 Å². The number of ether oxygens (including phenoxy) is 1. The predicted molar refractivity (Wildman–Crippen MR) is 111 cm³/mol. The molecule has 0 saturated heterocycles. The molecule has 4 heteroatoms. The summed E-state index contributed by atoms with van der Waals surface area (Å²) in [4.78, 5) is 13.5. The van der Waals surface area contributed by atoms with E-state index in [4.69, 9.17) is 9.88 Å². The summed E-state index contributed by atoms with van der Waals surface area (Å²) in [5.74, 6) is 6.31. The molecular formula is C22H33NO2S. The van der Waals surface area contributed by atoms with Crippen LogP contribution in [0.1, 0.15) is 73.3 Å². The van der Waals surface area contributed by atoms with Crippen molar-refractivity contribution in [2.45, 2.75) is 78.2 Å². The zero-order chi connectivity index (χ0) is 20.0. The van der Waals surface area contributed by atoms with E-state index in [0.717, 1.165) is 29.7 Å². The summed E-state index contributed by atoms with van der Waals surface area (Å²) in [5.41, 5.74) is 0.00804. The number of nitrogens with two attached hydrogens (primary N) is 1. The maximum Gasteiger partial charge on any atom is 0.312 e. The fraction of sp³-hybridized carbons (Fsp3) is 0.591. The molecule has 0 aliphatic rings. The number of rotatable bonds is 6. The molecule has 0 fully saturated rings. The summed E-state index contributed by atoms with van der Waals surface area (Å²) in [6, 6.07) is 7.92. The number of hydrogen-bond donors (Lipinski definition) is 1. The Morgan fingerprint density at radius 2 is 1.81 bits per heavy atom. The highest BCUT2D eigenvalue weighted by Gasteiger charge is 2.37. The van der Waals surface area contributed by atoms with Crippen LogP contribution in [-0.2, 0) is 9.53 Å². The van der Waals surface area contributed by atoms with Crippen LogP contribution in [0.3, 0.4) is 0 Å². The second kappa shape index (κ2) is 8.97. The van der Waals surface area contributed by atoms with E-state index in [0.29, 0.717) is 0 Å². The van der Waals surface area contributed by atoms with Gasteiger partial charge in [0.05, 0.1) is 5.41 Å². The summed E-state index contributed by atoms with van der Waals surface area (Å²) in [6.07, 6.45) is 2.48. The SMILES string of the molecule is CC(C)(CCC#Cc1cccc(SN)c1)CC(C)(C)C(=O)OC(C)(C)C. The third-order valence-corrected chi connectivity index (χ3v) is 4.53. The lowest BCUT2D eigenvalue weighted by Gasteiger charge is -2.35. The molecule has 0 aliphatic heterocycles. The number of benzene rings is 1. The van der Waals surface area contributed by atoms with Gasteiger partial charge in [-0.15, -0.1) is 0 Å². The number of hydrogen-bond acceptors (Lipinski definition) is 4. The average molecular weight is 376 g/mol. The van der Waals surface area contributed by atoms with Gasteiger partial charge < -0.3 is 4.74 Å². The highest BCUT2D eigenvalue weighted by molar-refractivity contribution is 7.97. The summed E-state index contributed by atoms with van der Waals surface area (Å²) in [6.45, 7) is 14.0. The molecule has 26 heavy (non-hydrogen) atoms. The minimum atomic E-state index is -0.517. The van der Waals surface area contributed by atoms with Crippen molar-refractivity contribution in [3.63, 3.8) is 0 Å². The Morgan fingerprint density at radius 1 is 1.15 bits per heavy atom. The third kappa shape index (κ3) is 8.29. The van der Waals surface area contributed by atoms with Crippen molar-refractivity contribution >= 4 is 17.9 Å². The van der Waals surface area contributed by atoms with E-state index in [9.17, 15) is 4.79 Å². The minimum absolute atomic E-state index is 0.00401. The molecule has 1 aromatic rings. The van der Waals surface area contributed by atoms with E-state index >= 15 is 0 Å². The van der Waals surface area contributed by atoms with E-state index in [1.54, 1.807) is 0 Å². The number of carbonyl (C=O) groups excluding carboxylic acids is 1. The van der Waals surface area contributed by atoms with E-state index < -0.39 is 11.0 Å². The maximum atomic E-state index is 12.5. The molecule has 0 amide bonds. The van der Waals surface area contributed by atoms with Crippen LogP contribution in [0, 0.1) is 22.7 Å². The van der Waals surface area contributed by atoms with Gasteiger partial charge in [0.1, 0.15) is 5.60 Å². The van der Waals surface area contributed by atoms with Crippen LogP contribution < -0.4 is 5.14 Å². The summed E-state index contributed by atoms with van der Waals surface area (Å²) in [7, 11) is 0. The van der Waals surface area contributed by atoms with Gasteiger partial charge in [-0.1, -0.05) is 31.8 Å². The van der Waals surface area contributed by atoms with Gasteiger partial charge in [-0.3, -0.25) is 9.93 Å². The molecule has 0 spiro atoms. The first-order chi connectivity index (χ1) is 11.8. The van der Waals surface area contributed by atoms with Crippen LogP contribution in [0.25, 0.3) is 0 Å². The molecule has 0 bridgehead atoms. The Labute approximate surface area is 163 Å². The molecule has 1 rings (SSSR count). The van der Waals surface area contributed by atoms with Gasteiger partial charge in [0, 0.05) is 16.9 Å². The molecule has 0 unspecified atom stereocenters. The van der Waals surface area contributed by atoms with E-state index in [2.05, 4.69) is 25.7 Å². The quantitative estimate of drug-likeness (QED) is 0.401. The Bertz CT molecular complexity index is 675. The van der Waals surface area contributed by atoms with Gasteiger partial charge >= 0.3 is 5.97 Å². The standard InChI is InChI=1S/C22H33NO2S/c1-20(2,3)25-19(24)22(6,7)16-21(4,5)14-9-8-11-17-12-10-13-18(15-17)26-23/h10,12-13,15H,9,14,16,23H2,1-7H3. The minimum Gasteiger partial charge on any atom is -0.460 e. The lowest BCUT2D eigenvalue weighted by molar-refractivity contribution is -0.167. The fourth-order valence-corrected chi connectivity index (χ4v) is 3.34. The molecule has 2 N–H and O–H groups in total. The van der Waals surface area contributed by atoms with Crippen molar-refractivity contribution in [2.75, 3.05) is 0 Å². The predicted octanol–water partition coefficient (Wildman–Crippen LogP) is 5.57. The molecule has 3 nitrogen and oxygen atoms in total. The van der Waals surface area contributed by atoms with Crippen LogP contribution >= 0.6 is 11.9 Å². The summed E-state index contributed by atoms with van der Waals surface area (Å²) in [5, 5.41) is 5.58. The first-order valence-corrected chi connectivity index (χ1v) is 9.92. The molecule has 144 valence electrons. The van der Waals surface area contributed by atoms with Crippen LogP contribution in [0.4, 0.5) is 0 Å². The molecule has 0 aliphatic carbocycles. The zero-order valence-corrected chi connectivity index (χ0v) is 18.0. The van der Waals surface area contributed by atoms with Crippen molar-refractivity contribution in [1.29, 1.82) is 0 Å². The van der Waals surface area contributed by atoms with Crippen LogP contribution in [0.15, 0.2) is 29.2 Å². The first-order valence-electron chi connectivity index (χ1n) is 9.04. The normalized spacial score (nSPS) is 12.3. The summed E-state index contributed by atoms with van der Waals surface area (Å²) < 4.78 is 5.57. The van der Waals surface area contributed by atoms with Crippen molar-refractivity contribution in [1.82, 2.24) is 0 Å². The Hall–Kier alpha value is -1.44. The van der Waals surface area contributed by atoms with Gasteiger partial charge in [0.2, 0.25) is 0 Å². The topological polar surface area (TPSA) is 52.3 Å². The Balaban J connectivity index is 2.63. The Morgan fingerprint density at radius 3 is 2.38 bits per heavy atom. The second-order valence-electron chi connectivity index (χ2n) is 9.17. The lowest BCUT2D eigenvalue weighted by atomic mass is 9.73. The largest absolute Gasteiger partial charge is 0.460 e. The smallest absolute Gasteiger partial charge is 0.312 e. The third-order valence-electron chi connectivity index (χ3n) is 4.00. The van der Waals surface area contributed by atoms with Crippen molar-refractivity contribution in [2.24, 2.45) is 16.0 Å².